The Balaban J connectivity index is 2.01. The highest BCUT2D eigenvalue weighted by Gasteiger charge is 2.16. The second-order valence-corrected chi connectivity index (χ2v) is 5.70. The molecule has 1 fully saturated rings. The summed E-state index contributed by atoms with van der Waals surface area (Å²) in [5.74, 6) is 1.67. The van der Waals surface area contributed by atoms with Crippen molar-refractivity contribution in [3.05, 3.63) is 16.8 Å². The highest BCUT2D eigenvalue weighted by molar-refractivity contribution is 7.99. The molecule has 0 saturated carbocycles. The largest absolute Gasteiger partial charge is 0.479 e. The summed E-state index contributed by atoms with van der Waals surface area (Å²) < 4.78 is 4.98. The molecule has 0 N–H and O–H groups in total. The van der Waals surface area contributed by atoms with Crippen LogP contribution in [0.5, 0.6) is 5.88 Å². The first kappa shape index (κ1) is 12.0. The van der Waals surface area contributed by atoms with Crippen LogP contribution in [0.4, 0.5) is 0 Å². The van der Waals surface area contributed by atoms with Gasteiger partial charge in [0.1, 0.15) is 5.02 Å². The zero-order valence-corrected chi connectivity index (χ0v) is 10.9. The van der Waals surface area contributed by atoms with E-state index in [0.29, 0.717) is 16.2 Å². The van der Waals surface area contributed by atoms with E-state index in [9.17, 15) is 0 Å². The topological polar surface area (TPSA) is 35.0 Å². The molecule has 0 amide bonds. The predicted octanol–water partition coefficient (Wildman–Crippen LogP) is 2.97. The third kappa shape index (κ3) is 3.01. The minimum Gasteiger partial charge on any atom is -0.479 e. The molecular formula is C11H15ClN2OS. The summed E-state index contributed by atoms with van der Waals surface area (Å²) >= 11 is 8.04. The minimum atomic E-state index is 0.404. The van der Waals surface area contributed by atoms with Gasteiger partial charge in [0.25, 0.3) is 5.88 Å². The van der Waals surface area contributed by atoms with Gasteiger partial charge in [-0.3, -0.25) is 0 Å². The molecular weight excluding hydrogens is 244 g/mol. The molecule has 1 saturated heterocycles. The summed E-state index contributed by atoms with van der Waals surface area (Å²) in [7, 11) is 1.55. The van der Waals surface area contributed by atoms with E-state index in [2.05, 4.69) is 10.2 Å². The zero-order valence-electron chi connectivity index (χ0n) is 9.28. The number of aromatic nitrogens is 2. The van der Waals surface area contributed by atoms with Crippen LogP contribution >= 0.6 is 23.4 Å². The summed E-state index contributed by atoms with van der Waals surface area (Å²) in [5, 5.41) is 9.30. The first-order valence-corrected chi connectivity index (χ1v) is 6.90. The van der Waals surface area contributed by atoms with Crippen molar-refractivity contribution < 1.29 is 4.74 Å². The van der Waals surface area contributed by atoms with Crippen LogP contribution in [-0.2, 0) is 6.42 Å². The lowest BCUT2D eigenvalue weighted by atomic mass is 10.1. The highest BCUT2D eigenvalue weighted by atomic mass is 35.5. The Hall–Kier alpha value is -0.480. The van der Waals surface area contributed by atoms with Gasteiger partial charge in [0.05, 0.1) is 12.8 Å². The lowest BCUT2D eigenvalue weighted by Crippen LogP contribution is -2.13. The van der Waals surface area contributed by atoms with Gasteiger partial charge in [-0.05, 0) is 24.7 Å². The van der Waals surface area contributed by atoms with Crippen molar-refractivity contribution in [2.24, 2.45) is 0 Å². The summed E-state index contributed by atoms with van der Waals surface area (Å²) in [5.41, 5.74) is 0.963. The number of rotatable bonds is 3. The lowest BCUT2D eigenvalue weighted by molar-refractivity contribution is 0.391. The third-order valence-corrected chi connectivity index (χ3v) is 4.34. The Morgan fingerprint density at radius 3 is 3.00 bits per heavy atom. The molecule has 1 aliphatic heterocycles. The fraction of sp³-hybridized carbons (Fsp3) is 0.636. The van der Waals surface area contributed by atoms with E-state index in [1.54, 1.807) is 7.11 Å². The molecule has 3 nitrogen and oxygen atoms in total. The maximum Gasteiger partial charge on any atom is 0.252 e. The SMILES string of the molecule is COc1nnc(CC2CCCCS2)cc1Cl. The van der Waals surface area contributed by atoms with E-state index < -0.39 is 0 Å². The van der Waals surface area contributed by atoms with Crippen LogP contribution < -0.4 is 4.74 Å². The van der Waals surface area contributed by atoms with E-state index in [4.69, 9.17) is 16.3 Å². The van der Waals surface area contributed by atoms with Crippen LogP contribution in [0.15, 0.2) is 6.07 Å². The molecule has 1 aromatic rings. The Kier molecular flexibility index (Phi) is 4.29. The van der Waals surface area contributed by atoms with Crippen molar-refractivity contribution in [2.75, 3.05) is 12.9 Å². The lowest BCUT2D eigenvalue weighted by Gasteiger charge is -2.20. The molecule has 2 rings (SSSR count). The zero-order chi connectivity index (χ0) is 11.4. The number of methoxy groups -OCH3 is 1. The first-order valence-electron chi connectivity index (χ1n) is 5.47. The van der Waals surface area contributed by atoms with E-state index in [1.807, 2.05) is 17.8 Å². The van der Waals surface area contributed by atoms with Gasteiger partial charge in [-0.15, -0.1) is 5.10 Å². The smallest absolute Gasteiger partial charge is 0.252 e. The predicted molar refractivity (Wildman–Crippen MR) is 67.4 cm³/mol. The normalized spacial score (nSPS) is 20.8. The molecule has 2 heterocycles. The van der Waals surface area contributed by atoms with E-state index in [0.717, 1.165) is 12.1 Å². The third-order valence-electron chi connectivity index (χ3n) is 2.67. The van der Waals surface area contributed by atoms with Gasteiger partial charge in [0, 0.05) is 11.7 Å². The Morgan fingerprint density at radius 1 is 1.50 bits per heavy atom. The van der Waals surface area contributed by atoms with Crippen LogP contribution in [0.25, 0.3) is 0 Å². The first-order chi connectivity index (χ1) is 7.79. The standard InChI is InChI=1S/C11H15ClN2OS/c1-15-11-10(12)7-8(13-14-11)6-9-4-2-3-5-16-9/h7,9H,2-6H2,1H3. The number of hydrogen-bond donors (Lipinski definition) is 0. The van der Waals surface area contributed by atoms with E-state index in [1.165, 1.54) is 25.0 Å². The molecule has 1 atom stereocenters. The van der Waals surface area contributed by atoms with E-state index >= 15 is 0 Å². The molecule has 1 aliphatic rings. The number of halogens is 1. The van der Waals surface area contributed by atoms with Crippen molar-refractivity contribution >= 4 is 23.4 Å². The monoisotopic (exact) mass is 258 g/mol. The van der Waals surface area contributed by atoms with E-state index in [-0.39, 0.29) is 0 Å². The molecule has 5 heteroatoms. The molecule has 0 aliphatic carbocycles. The van der Waals surface area contributed by atoms with Crippen molar-refractivity contribution in [2.45, 2.75) is 30.9 Å². The Labute approximate surface area is 105 Å². The molecule has 0 radical (unpaired) electrons. The summed E-state index contributed by atoms with van der Waals surface area (Å²) in [4.78, 5) is 0. The molecule has 88 valence electrons. The minimum absolute atomic E-state index is 0.404. The molecule has 0 aromatic carbocycles. The average molecular weight is 259 g/mol. The average Bonchev–Trinajstić information content (AvgIpc) is 2.31. The van der Waals surface area contributed by atoms with Gasteiger partial charge in [0.2, 0.25) is 0 Å². The molecule has 0 spiro atoms. The molecule has 0 bridgehead atoms. The van der Waals surface area contributed by atoms with Crippen LogP contribution in [0.1, 0.15) is 25.0 Å². The van der Waals surface area contributed by atoms with Crippen LogP contribution in [0.3, 0.4) is 0 Å². The summed E-state index contributed by atoms with van der Waals surface area (Å²) in [6.45, 7) is 0. The van der Waals surface area contributed by atoms with Gasteiger partial charge >= 0.3 is 0 Å². The van der Waals surface area contributed by atoms with Crippen molar-refractivity contribution in [1.29, 1.82) is 0 Å². The van der Waals surface area contributed by atoms with Crippen molar-refractivity contribution in [1.82, 2.24) is 10.2 Å². The highest BCUT2D eigenvalue weighted by Crippen LogP contribution is 2.28. The molecule has 1 aromatic heterocycles. The number of thioether (sulfide) groups is 1. The summed E-state index contributed by atoms with van der Waals surface area (Å²) in [6, 6.07) is 1.86. The van der Waals surface area contributed by atoms with Crippen molar-refractivity contribution in [3.8, 4) is 5.88 Å². The fourth-order valence-electron chi connectivity index (χ4n) is 1.83. The maximum absolute atomic E-state index is 6.01. The number of hydrogen-bond acceptors (Lipinski definition) is 4. The van der Waals surface area contributed by atoms with Gasteiger partial charge in [-0.25, -0.2) is 0 Å². The van der Waals surface area contributed by atoms with Crippen LogP contribution in [0, 0.1) is 0 Å². The Bertz CT molecular complexity index is 356. The van der Waals surface area contributed by atoms with Gasteiger partial charge in [0.15, 0.2) is 0 Å². The number of ether oxygens (including phenoxy) is 1. The molecule has 16 heavy (non-hydrogen) atoms. The summed E-state index contributed by atoms with van der Waals surface area (Å²) in [6.07, 6.45) is 4.91. The van der Waals surface area contributed by atoms with Gasteiger partial charge in [-0.2, -0.15) is 16.9 Å². The fourth-order valence-corrected chi connectivity index (χ4v) is 3.40. The van der Waals surface area contributed by atoms with Gasteiger partial charge in [-0.1, -0.05) is 18.0 Å². The maximum atomic E-state index is 6.01. The number of nitrogens with zero attached hydrogens (tertiary/aromatic N) is 2. The second-order valence-electron chi connectivity index (χ2n) is 3.89. The van der Waals surface area contributed by atoms with Gasteiger partial charge < -0.3 is 4.74 Å². The quantitative estimate of drug-likeness (QED) is 0.835. The van der Waals surface area contributed by atoms with Crippen LogP contribution in [0.2, 0.25) is 5.02 Å². The van der Waals surface area contributed by atoms with Crippen LogP contribution in [-0.4, -0.2) is 28.3 Å². The second kappa shape index (κ2) is 5.73. The molecule has 1 unspecified atom stereocenters. The Morgan fingerprint density at radius 2 is 2.38 bits per heavy atom. The van der Waals surface area contributed by atoms with Crippen molar-refractivity contribution in [3.63, 3.8) is 0 Å².